The van der Waals surface area contributed by atoms with Gasteiger partial charge >= 0.3 is 0 Å². The Kier molecular flexibility index (Phi) is 5.05. The van der Waals surface area contributed by atoms with Crippen LogP contribution in [0.25, 0.3) is 0 Å². The van der Waals surface area contributed by atoms with Gasteiger partial charge in [-0.25, -0.2) is 0 Å². The highest BCUT2D eigenvalue weighted by Crippen LogP contribution is 2.02. The van der Waals surface area contributed by atoms with Crippen molar-refractivity contribution in [1.82, 2.24) is 5.32 Å². The Bertz CT molecular complexity index is 358. The summed E-state index contributed by atoms with van der Waals surface area (Å²) in [4.78, 5) is 16.1. The topological polar surface area (TPSA) is 50.7 Å². The first-order valence-electron chi connectivity index (χ1n) is 5.22. The second kappa shape index (κ2) is 6.61. The summed E-state index contributed by atoms with van der Waals surface area (Å²) in [6.45, 7) is 2.72. The van der Waals surface area contributed by atoms with Crippen LogP contribution in [0.4, 0.5) is 0 Å². The van der Waals surface area contributed by atoms with Crippen LogP contribution in [0.15, 0.2) is 29.4 Å². The van der Waals surface area contributed by atoms with Crippen molar-refractivity contribution >= 4 is 12.1 Å². The fourth-order valence-electron chi connectivity index (χ4n) is 1.17. The number of hydrogen-bond donors (Lipinski definition) is 1. The lowest BCUT2D eigenvalue weighted by Gasteiger charge is -2.03. The Morgan fingerprint density at radius 2 is 2.12 bits per heavy atom. The van der Waals surface area contributed by atoms with Gasteiger partial charge in [0.25, 0.3) is 5.91 Å². The normalized spacial score (nSPS) is 10.4. The summed E-state index contributed by atoms with van der Waals surface area (Å²) in [5, 5.41) is 6.45. The molecular formula is C12H16N2O2. The molecule has 1 amide bonds. The third-order valence-corrected chi connectivity index (χ3v) is 2.02. The minimum atomic E-state index is -0.0444. The first kappa shape index (κ1) is 12.2. The number of nitrogens with one attached hydrogen (secondary N) is 1. The predicted octanol–water partition coefficient (Wildman–Crippen LogP) is 1.81. The number of carbonyl (C=O) groups is 1. The van der Waals surface area contributed by atoms with Crippen molar-refractivity contribution in [2.24, 2.45) is 5.16 Å². The number of amides is 1. The Morgan fingerprint density at radius 3 is 2.69 bits per heavy atom. The van der Waals surface area contributed by atoms with Gasteiger partial charge in [0.05, 0.1) is 6.21 Å². The molecule has 0 unspecified atom stereocenters. The highest BCUT2D eigenvalue weighted by molar-refractivity contribution is 5.94. The molecule has 4 heteroatoms. The van der Waals surface area contributed by atoms with Crippen LogP contribution in [0.2, 0.25) is 0 Å². The van der Waals surface area contributed by atoms with Gasteiger partial charge in [-0.05, 0) is 24.1 Å². The van der Waals surface area contributed by atoms with E-state index in [-0.39, 0.29) is 5.91 Å². The van der Waals surface area contributed by atoms with Crippen LogP contribution in [0.3, 0.4) is 0 Å². The van der Waals surface area contributed by atoms with Crippen molar-refractivity contribution in [2.75, 3.05) is 13.7 Å². The summed E-state index contributed by atoms with van der Waals surface area (Å²) in [5.74, 6) is -0.0444. The van der Waals surface area contributed by atoms with E-state index in [0.717, 1.165) is 12.0 Å². The molecule has 0 aromatic heterocycles. The van der Waals surface area contributed by atoms with E-state index >= 15 is 0 Å². The highest BCUT2D eigenvalue weighted by atomic mass is 16.6. The van der Waals surface area contributed by atoms with E-state index in [0.29, 0.717) is 12.1 Å². The Balaban J connectivity index is 2.63. The molecule has 0 bridgehead atoms. The van der Waals surface area contributed by atoms with Gasteiger partial charge in [-0.3, -0.25) is 4.79 Å². The van der Waals surface area contributed by atoms with E-state index in [2.05, 4.69) is 15.3 Å². The molecule has 0 aliphatic rings. The van der Waals surface area contributed by atoms with Crippen LogP contribution in [-0.2, 0) is 4.84 Å². The lowest BCUT2D eigenvalue weighted by atomic mass is 10.1. The van der Waals surface area contributed by atoms with Crippen LogP contribution >= 0.6 is 0 Å². The molecule has 0 saturated carbocycles. The van der Waals surface area contributed by atoms with Crippen LogP contribution in [-0.4, -0.2) is 25.8 Å². The van der Waals surface area contributed by atoms with Gasteiger partial charge in [0, 0.05) is 12.1 Å². The third kappa shape index (κ3) is 3.73. The molecule has 1 aromatic rings. The van der Waals surface area contributed by atoms with Gasteiger partial charge in [0.15, 0.2) is 0 Å². The number of benzene rings is 1. The minimum absolute atomic E-state index is 0.0444. The lowest BCUT2D eigenvalue weighted by Crippen LogP contribution is -2.23. The summed E-state index contributed by atoms with van der Waals surface area (Å²) < 4.78 is 0. The van der Waals surface area contributed by atoms with E-state index in [1.165, 1.54) is 7.11 Å². The zero-order valence-corrected chi connectivity index (χ0v) is 9.56. The molecule has 0 aliphatic carbocycles. The summed E-state index contributed by atoms with van der Waals surface area (Å²) in [6, 6.07) is 7.18. The van der Waals surface area contributed by atoms with Crippen molar-refractivity contribution in [3.8, 4) is 0 Å². The highest BCUT2D eigenvalue weighted by Gasteiger charge is 2.02. The van der Waals surface area contributed by atoms with Crippen molar-refractivity contribution in [1.29, 1.82) is 0 Å². The van der Waals surface area contributed by atoms with E-state index in [1.54, 1.807) is 18.3 Å². The van der Waals surface area contributed by atoms with Gasteiger partial charge < -0.3 is 10.2 Å². The van der Waals surface area contributed by atoms with Crippen LogP contribution in [0, 0.1) is 0 Å². The first-order valence-corrected chi connectivity index (χ1v) is 5.22. The third-order valence-electron chi connectivity index (χ3n) is 2.02. The molecular weight excluding hydrogens is 204 g/mol. The van der Waals surface area contributed by atoms with Gasteiger partial charge in [0.1, 0.15) is 7.11 Å². The van der Waals surface area contributed by atoms with E-state index in [1.807, 2.05) is 19.1 Å². The molecule has 0 atom stereocenters. The molecule has 0 saturated heterocycles. The average Bonchev–Trinajstić information content (AvgIpc) is 2.34. The number of hydrogen-bond acceptors (Lipinski definition) is 3. The predicted molar refractivity (Wildman–Crippen MR) is 63.7 cm³/mol. The van der Waals surface area contributed by atoms with Crippen LogP contribution in [0.5, 0.6) is 0 Å². The molecule has 16 heavy (non-hydrogen) atoms. The SMILES string of the molecule is CCCNC(=O)c1ccc(/C=N/OC)cc1. The maximum atomic E-state index is 11.6. The van der Waals surface area contributed by atoms with Crippen LogP contribution < -0.4 is 5.32 Å². The standard InChI is InChI=1S/C12H16N2O2/c1-3-8-13-12(15)11-6-4-10(5-7-11)9-14-16-2/h4-7,9H,3,8H2,1-2H3,(H,13,15)/b14-9+. The van der Waals surface area contributed by atoms with Crippen molar-refractivity contribution in [3.05, 3.63) is 35.4 Å². The Morgan fingerprint density at radius 1 is 1.44 bits per heavy atom. The smallest absolute Gasteiger partial charge is 0.251 e. The van der Waals surface area contributed by atoms with Gasteiger partial charge in [-0.15, -0.1) is 0 Å². The van der Waals surface area contributed by atoms with Crippen molar-refractivity contribution < 1.29 is 9.63 Å². The summed E-state index contributed by atoms with van der Waals surface area (Å²) in [6.07, 6.45) is 2.53. The Labute approximate surface area is 95.3 Å². The second-order valence-corrected chi connectivity index (χ2v) is 3.29. The Hall–Kier alpha value is -1.84. The number of carbonyl (C=O) groups excluding carboxylic acids is 1. The zero-order valence-electron chi connectivity index (χ0n) is 9.56. The molecule has 86 valence electrons. The molecule has 0 aliphatic heterocycles. The monoisotopic (exact) mass is 220 g/mol. The quantitative estimate of drug-likeness (QED) is 0.607. The van der Waals surface area contributed by atoms with Gasteiger partial charge in [-0.2, -0.15) is 0 Å². The summed E-state index contributed by atoms with van der Waals surface area (Å²) in [7, 11) is 1.49. The molecule has 1 aromatic carbocycles. The van der Waals surface area contributed by atoms with E-state index in [4.69, 9.17) is 0 Å². The number of oxime groups is 1. The fourth-order valence-corrected chi connectivity index (χ4v) is 1.17. The zero-order chi connectivity index (χ0) is 11.8. The number of nitrogens with zero attached hydrogens (tertiary/aromatic N) is 1. The molecule has 0 spiro atoms. The van der Waals surface area contributed by atoms with E-state index in [9.17, 15) is 4.79 Å². The van der Waals surface area contributed by atoms with Crippen LogP contribution in [0.1, 0.15) is 29.3 Å². The average molecular weight is 220 g/mol. The molecule has 1 rings (SSSR count). The fraction of sp³-hybridized carbons (Fsp3) is 0.333. The summed E-state index contributed by atoms with van der Waals surface area (Å²) >= 11 is 0. The van der Waals surface area contributed by atoms with Gasteiger partial charge in [0.2, 0.25) is 0 Å². The molecule has 1 N–H and O–H groups in total. The maximum Gasteiger partial charge on any atom is 0.251 e. The second-order valence-electron chi connectivity index (χ2n) is 3.29. The lowest BCUT2D eigenvalue weighted by molar-refractivity contribution is 0.0953. The molecule has 0 radical (unpaired) electrons. The van der Waals surface area contributed by atoms with Crippen molar-refractivity contribution in [3.63, 3.8) is 0 Å². The number of rotatable bonds is 5. The maximum absolute atomic E-state index is 11.6. The largest absolute Gasteiger partial charge is 0.399 e. The van der Waals surface area contributed by atoms with Gasteiger partial charge in [-0.1, -0.05) is 24.2 Å². The molecule has 4 nitrogen and oxygen atoms in total. The molecule has 0 fully saturated rings. The molecule has 0 heterocycles. The minimum Gasteiger partial charge on any atom is -0.399 e. The summed E-state index contributed by atoms with van der Waals surface area (Å²) in [5.41, 5.74) is 1.55. The van der Waals surface area contributed by atoms with E-state index < -0.39 is 0 Å². The van der Waals surface area contributed by atoms with Crippen molar-refractivity contribution in [2.45, 2.75) is 13.3 Å². The first-order chi connectivity index (χ1) is 7.77.